The number of halogens is 2. The Morgan fingerprint density at radius 1 is 1.32 bits per heavy atom. The number of aromatic nitrogens is 1. The molecule has 4 rings (SSSR count). The molecule has 0 aliphatic carbocycles. The molecule has 3 unspecified atom stereocenters. The molecule has 2 fully saturated rings. The standard InChI is InChI=1S/C24H28F2N4O/c1-16-10-18(20-6-5-17(12-27)23-21(20)4-3-8-28-23)14-30(13-16)22(31)11-19-7-9-29(2)15-24(19,25)26/h3-6,8,16,18-19H,7,9-11,13-15H2,1-2H3. The number of benzene rings is 1. The fourth-order valence-corrected chi connectivity index (χ4v) is 5.17. The third-order valence-corrected chi connectivity index (χ3v) is 6.73. The van der Waals surface area contributed by atoms with Gasteiger partial charge in [-0.1, -0.05) is 19.1 Å². The van der Waals surface area contributed by atoms with Crippen molar-refractivity contribution in [3.8, 4) is 6.07 Å². The molecule has 164 valence electrons. The van der Waals surface area contributed by atoms with Gasteiger partial charge in [0.15, 0.2) is 0 Å². The minimum atomic E-state index is -2.83. The predicted molar refractivity (Wildman–Crippen MR) is 115 cm³/mol. The Kier molecular flexibility index (Phi) is 5.94. The third-order valence-electron chi connectivity index (χ3n) is 6.73. The summed E-state index contributed by atoms with van der Waals surface area (Å²) in [6, 6.07) is 9.75. The number of hydrogen-bond acceptors (Lipinski definition) is 4. The highest BCUT2D eigenvalue weighted by Gasteiger charge is 2.45. The van der Waals surface area contributed by atoms with Gasteiger partial charge in [-0.25, -0.2) is 8.78 Å². The molecule has 2 aliphatic heterocycles. The van der Waals surface area contributed by atoms with Crippen LogP contribution in [0.4, 0.5) is 8.78 Å². The predicted octanol–water partition coefficient (Wildman–Crippen LogP) is 4.04. The number of pyridine rings is 1. The van der Waals surface area contributed by atoms with Crippen molar-refractivity contribution in [2.45, 2.75) is 38.0 Å². The van der Waals surface area contributed by atoms with Crippen LogP contribution < -0.4 is 0 Å². The third kappa shape index (κ3) is 4.40. The molecular weight excluding hydrogens is 398 g/mol. The number of hydrogen-bond donors (Lipinski definition) is 0. The minimum Gasteiger partial charge on any atom is -0.342 e. The van der Waals surface area contributed by atoms with E-state index in [0.29, 0.717) is 37.1 Å². The highest BCUT2D eigenvalue weighted by molar-refractivity contribution is 5.87. The van der Waals surface area contributed by atoms with Crippen LogP contribution in [0.25, 0.3) is 10.9 Å². The lowest BCUT2D eigenvalue weighted by atomic mass is 9.82. The summed E-state index contributed by atoms with van der Waals surface area (Å²) >= 11 is 0. The van der Waals surface area contributed by atoms with Crippen LogP contribution in [0.3, 0.4) is 0 Å². The average molecular weight is 427 g/mol. The van der Waals surface area contributed by atoms with Gasteiger partial charge in [-0.2, -0.15) is 5.26 Å². The Labute approximate surface area is 181 Å². The molecule has 1 aromatic heterocycles. The largest absolute Gasteiger partial charge is 0.342 e. The van der Waals surface area contributed by atoms with E-state index in [-0.39, 0.29) is 30.7 Å². The fraction of sp³-hybridized carbons (Fsp3) is 0.542. The summed E-state index contributed by atoms with van der Waals surface area (Å²) in [5.41, 5.74) is 2.27. The summed E-state index contributed by atoms with van der Waals surface area (Å²) < 4.78 is 28.9. The van der Waals surface area contributed by atoms with Gasteiger partial charge in [-0.15, -0.1) is 0 Å². The number of amides is 1. The van der Waals surface area contributed by atoms with Crippen molar-refractivity contribution in [2.75, 3.05) is 33.2 Å². The molecule has 0 spiro atoms. The van der Waals surface area contributed by atoms with Crippen molar-refractivity contribution in [1.29, 1.82) is 5.26 Å². The molecule has 3 heterocycles. The number of nitriles is 1. The van der Waals surface area contributed by atoms with Crippen molar-refractivity contribution >= 4 is 16.8 Å². The van der Waals surface area contributed by atoms with E-state index < -0.39 is 11.8 Å². The van der Waals surface area contributed by atoms with Gasteiger partial charge in [-0.3, -0.25) is 9.78 Å². The molecule has 31 heavy (non-hydrogen) atoms. The monoisotopic (exact) mass is 426 g/mol. The lowest BCUT2D eigenvalue weighted by Crippen LogP contribution is -2.49. The Morgan fingerprint density at radius 3 is 2.87 bits per heavy atom. The number of carbonyl (C=O) groups is 1. The number of piperidine rings is 2. The summed E-state index contributed by atoms with van der Waals surface area (Å²) in [4.78, 5) is 20.8. The normalized spacial score (nSPS) is 26.5. The van der Waals surface area contributed by atoms with E-state index in [1.165, 1.54) is 0 Å². The molecule has 0 saturated carbocycles. The summed E-state index contributed by atoms with van der Waals surface area (Å²) in [6.45, 7) is 3.52. The molecule has 2 aliphatic rings. The molecule has 1 aromatic carbocycles. The zero-order valence-electron chi connectivity index (χ0n) is 18.0. The molecule has 0 N–H and O–H groups in total. The summed E-state index contributed by atoms with van der Waals surface area (Å²) in [6.07, 6.45) is 2.82. The van der Waals surface area contributed by atoms with Crippen LogP contribution in [0.15, 0.2) is 30.5 Å². The van der Waals surface area contributed by atoms with Crippen LogP contribution in [0.5, 0.6) is 0 Å². The number of likely N-dealkylation sites (tertiary alicyclic amines) is 2. The maximum Gasteiger partial charge on any atom is 0.263 e. The number of alkyl halides is 2. The molecule has 2 aromatic rings. The van der Waals surface area contributed by atoms with Crippen LogP contribution in [0, 0.1) is 23.2 Å². The van der Waals surface area contributed by atoms with Crippen molar-refractivity contribution in [2.24, 2.45) is 11.8 Å². The summed E-state index contributed by atoms with van der Waals surface area (Å²) in [7, 11) is 1.69. The first-order valence-corrected chi connectivity index (χ1v) is 10.9. The quantitative estimate of drug-likeness (QED) is 0.743. The van der Waals surface area contributed by atoms with Gasteiger partial charge in [0.1, 0.15) is 6.07 Å². The molecule has 0 bridgehead atoms. The van der Waals surface area contributed by atoms with E-state index >= 15 is 0 Å². The van der Waals surface area contributed by atoms with E-state index in [1.807, 2.05) is 18.2 Å². The van der Waals surface area contributed by atoms with Crippen LogP contribution in [0.1, 0.15) is 43.2 Å². The van der Waals surface area contributed by atoms with Crippen LogP contribution >= 0.6 is 0 Å². The molecule has 1 amide bonds. The van der Waals surface area contributed by atoms with Crippen LogP contribution in [-0.2, 0) is 4.79 Å². The van der Waals surface area contributed by atoms with Crippen LogP contribution in [-0.4, -0.2) is 59.8 Å². The summed E-state index contributed by atoms with van der Waals surface area (Å²) in [5.74, 6) is -3.56. The molecule has 3 atom stereocenters. The van der Waals surface area contributed by atoms with Crippen molar-refractivity contribution in [1.82, 2.24) is 14.8 Å². The molecule has 0 radical (unpaired) electrons. The SMILES string of the molecule is CC1CC(c2ccc(C#N)c3ncccc23)CN(C(=O)CC2CCN(C)CC2(F)F)C1. The zero-order valence-corrected chi connectivity index (χ0v) is 18.0. The van der Waals surface area contributed by atoms with Crippen molar-refractivity contribution < 1.29 is 13.6 Å². The second-order valence-corrected chi connectivity index (χ2v) is 9.24. The summed E-state index contributed by atoms with van der Waals surface area (Å²) in [5, 5.41) is 10.3. The van der Waals surface area contributed by atoms with Gasteiger partial charge in [0.2, 0.25) is 5.91 Å². The number of carbonyl (C=O) groups excluding carboxylic acids is 1. The maximum absolute atomic E-state index is 14.5. The first kappa shape index (κ1) is 21.6. The average Bonchev–Trinajstić information content (AvgIpc) is 2.74. The van der Waals surface area contributed by atoms with Gasteiger partial charge in [0, 0.05) is 42.9 Å². The first-order chi connectivity index (χ1) is 14.8. The van der Waals surface area contributed by atoms with E-state index in [1.54, 1.807) is 29.1 Å². The highest BCUT2D eigenvalue weighted by atomic mass is 19.3. The van der Waals surface area contributed by atoms with Crippen LogP contribution in [0.2, 0.25) is 0 Å². The maximum atomic E-state index is 14.5. The zero-order chi connectivity index (χ0) is 22.2. The van der Waals surface area contributed by atoms with Crippen molar-refractivity contribution in [3.05, 3.63) is 41.6 Å². The Hall–Kier alpha value is -2.59. The Bertz CT molecular complexity index is 1020. The van der Waals surface area contributed by atoms with Gasteiger partial charge in [-0.05, 0) is 50.0 Å². The number of nitrogens with zero attached hydrogens (tertiary/aromatic N) is 4. The van der Waals surface area contributed by atoms with Gasteiger partial charge in [0.05, 0.1) is 17.6 Å². The number of rotatable bonds is 3. The highest BCUT2D eigenvalue weighted by Crippen LogP contribution is 2.38. The lowest BCUT2D eigenvalue weighted by molar-refractivity contribution is -0.145. The Morgan fingerprint density at radius 2 is 2.13 bits per heavy atom. The van der Waals surface area contributed by atoms with Gasteiger partial charge < -0.3 is 9.80 Å². The topological polar surface area (TPSA) is 60.2 Å². The minimum absolute atomic E-state index is 0.0881. The van der Waals surface area contributed by atoms with Gasteiger partial charge in [0.25, 0.3) is 5.92 Å². The molecule has 5 nitrogen and oxygen atoms in total. The molecule has 7 heteroatoms. The van der Waals surface area contributed by atoms with E-state index in [0.717, 1.165) is 17.4 Å². The smallest absolute Gasteiger partial charge is 0.263 e. The van der Waals surface area contributed by atoms with Gasteiger partial charge >= 0.3 is 0 Å². The van der Waals surface area contributed by atoms with Crippen molar-refractivity contribution in [3.63, 3.8) is 0 Å². The van der Waals surface area contributed by atoms with E-state index in [4.69, 9.17) is 0 Å². The lowest BCUT2D eigenvalue weighted by Gasteiger charge is -2.40. The van der Waals surface area contributed by atoms with E-state index in [9.17, 15) is 18.8 Å². The molecular formula is C24H28F2N4O. The Balaban J connectivity index is 1.55. The second-order valence-electron chi connectivity index (χ2n) is 9.24. The number of fused-ring (bicyclic) bond motifs is 1. The second kappa shape index (κ2) is 8.51. The first-order valence-electron chi connectivity index (χ1n) is 10.9. The fourth-order valence-electron chi connectivity index (χ4n) is 5.17. The molecule has 2 saturated heterocycles. The van der Waals surface area contributed by atoms with E-state index in [2.05, 4.69) is 18.0 Å².